The summed E-state index contributed by atoms with van der Waals surface area (Å²) in [7, 11) is 0. The number of amides is 1. The molecule has 1 aromatic rings. The molecule has 1 rings (SSSR count). The predicted molar refractivity (Wildman–Crippen MR) is 77.1 cm³/mol. The van der Waals surface area contributed by atoms with Crippen LogP contribution in [0, 0.1) is 0 Å². The Hall–Kier alpha value is -1.50. The lowest BCUT2D eigenvalue weighted by Gasteiger charge is -2.14. The fourth-order valence-electron chi connectivity index (χ4n) is 1.59. The van der Waals surface area contributed by atoms with Gasteiger partial charge in [-0.15, -0.1) is 0 Å². The monoisotopic (exact) mass is 282 g/mol. The van der Waals surface area contributed by atoms with Gasteiger partial charge in [0, 0.05) is 11.6 Å². The highest BCUT2D eigenvalue weighted by Gasteiger charge is 2.12. The van der Waals surface area contributed by atoms with Crippen LogP contribution in [-0.4, -0.2) is 35.4 Å². The summed E-state index contributed by atoms with van der Waals surface area (Å²) in [5.41, 5.74) is 7.32. The third kappa shape index (κ3) is 4.94. The van der Waals surface area contributed by atoms with E-state index >= 15 is 0 Å². The summed E-state index contributed by atoms with van der Waals surface area (Å²) in [5, 5.41) is 11.5. The van der Waals surface area contributed by atoms with Crippen LogP contribution in [0.2, 0.25) is 0 Å². The number of nitrogens with one attached hydrogen (secondary N) is 1. The molecule has 1 aromatic carbocycles. The van der Waals surface area contributed by atoms with E-state index in [1.807, 2.05) is 18.2 Å². The molecule has 4 N–H and O–H groups in total. The van der Waals surface area contributed by atoms with Gasteiger partial charge in [-0.2, -0.15) is 0 Å². The summed E-state index contributed by atoms with van der Waals surface area (Å²) in [6, 6.07) is 6.99. The first-order chi connectivity index (χ1) is 9.08. The molecule has 19 heavy (non-hydrogen) atoms. The lowest BCUT2D eigenvalue weighted by Crippen LogP contribution is -2.32. The third-order valence-electron chi connectivity index (χ3n) is 2.47. The van der Waals surface area contributed by atoms with E-state index in [1.165, 1.54) is 0 Å². The van der Waals surface area contributed by atoms with Crippen molar-refractivity contribution in [1.29, 1.82) is 0 Å². The highest BCUT2D eigenvalue weighted by atomic mass is 32.1. The van der Waals surface area contributed by atoms with Crippen molar-refractivity contribution >= 4 is 23.3 Å². The molecule has 0 radical (unpaired) electrons. The van der Waals surface area contributed by atoms with E-state index in [-0.39, 0.29) is 19.3 Å². The molecular formula is C13H18N2O3S. The maximum Gasteiger partial charge on any atom is 0.412 e. The van der Waals surface area contributed by atoms with E-state index < -0.39 is 6.09 Å². The van der Waals surface area contributed by atoms with Crippen molar-refractivity contribution < 1.29 is 14.6 Å². The van der Waals surface area contributed by atoms with Crippen molar-refractivity contribution in [2.24, 2.45) is 5.73 Å². The lowest BCUT2D eigenvalue weighted by molar-refractivity contribution is 0.158. The molecular weight excluding hydrogens is 264 g/mol. The number of ether oxygens (including phenoxy) is 1. The maximum absolute atomic E-state index is 11.3. The maximum atomic E-state index is 11.3. The Bertz CT molecular complexity index is 451. The van der Waals surface area contributed by atoms with E-state index in [1.54, 1.807) is 13.0 Å². The first kappa shape index (κ1) is 15.6. The molecule has 0 saturated heterocycles. The summed E-state index contributed by atoms with van der Waals surface area (Å²) in [6.45, 7) is 1.90. The first-order valence-corrected chi connectivity index (χ1v) is 6.41. The zero-order chi connectivity index (χ0) is 14.3. The number of hydrogen-bond acceptors (Lipinski definition) is 5. The van der Waals surface area contributed by atoms with Crippen LogP contribution in [-0.2, 0) is 11.2 Å². The highest BCUT2D eigenvalue weighted by Crippen LogP contribution is 2.11. The molecule has 0 spiro atoms. The van der Waals surface area contributed by atoms with Gasteiger partial charge in [0.05, 0.1) is 13.2 Å². The Kier molecular flexibility index (Phi) is 6.41. The van der Waals surface area contributed by atoms with Crippen LogP contribution in [0.3, 0.4) is 0 Å². The number of benzene rings is 1. The molecule has 104 valence electrons. The molecule has 0 unspecified atom stereocenters. The normalized spacial score (nSPS) is 11.7. The largest absolute Gasteiger partial charge is 0.450 e. The topological polar surface area (TPSA) is 84.6 Å². The SMILES string of the molecule is CCOC(=O)NC(=S)c1ccccc1C[C@H](N)CO. The zero-order valence-electron chi connectivity index (χ0n) is 10.8. The van der Waals surface area contributed by atoms with Gasteiger partial charge >= 0.3 is 6.09 Å². The van der Waals surface area contributed by atoms with Gasteiger partial charge in [0.1, 0.15) is 4.99 Å². The molecule has 0 heterocycles. The Morgan fingerprint density at radius 1 is 1.53 bits per heavy atom. The standard InChI is InChI=1S/C13H18N2O3S/c1-2-18-13(17)15-12(19)11-6-4-3-5-9(11)7-10(14)8-16/h3-6,10,16H,2,7-8,14H2,1H3,(H,15,17,19)/t10-/m0/s1. The molecule has 6 heteroatoms. The van der Waals surface area contributed by atoms with E-state index in [0.29, 0.717) is 11.4 Å². The minimum Gasteiger partial charge on any atom is -0.450 e. The van der Waals surface area contributed by atoms with Crippen LogP contribution in [0.4, 0.5) is 4.79 Å². The Labute approximate surface area is 117 Å². The van der Waals surface area contributed by atoms with Gasteiger partial charge in [-0.1, -0.05) is 36.5 Å². The zero-order valence-corrected chi connectivity index (χ0v) is 11.6. The Morgan fingerprint density at radius 2 is 2.21 bits per heavy atom. The Balaban J connectivity index is 2.81. The first-order valence-electron chi connectivity index (χ1n) is 6.01. The van der Waals surface area contributed by atoms with Gasteiger partial charge in [0.2, 0.25) is 0 Å². The molecule has 0 aliphatic carbocycles. The van der Waals surface area contributed by atoms with Crippen molar-refractivity contribution in [2.45, 2.75) is 19.4 Å². The molecule has 0 aromatic heterocycles. The van der Waals surface area contributed by atoms with Crippen molar-refractivity contribution in [2.75, 3.05) is 13.2 Å². The van der Waals surface area contributed by atoms with Crippen molar-refractivity contribution in [3.05, 3.63) is 35.4 Å². The predicted octanol–water partition coefficient (Wildman–Crippen LogP) is 0.970. The van der Waals surface area contributed by atoms with Crippen molar-refractivity contribution in [1.82, 2.24) is 5.32 Å². The number of carbonyl (C=O) groups is 1. The summed E-state index contributed by atoms with van der Waals surface area (Å²) in [5.74, 6) is 0. The number of alkyl carbamates (subject to hydrolysis) is 1. The lowest BCUT2D eigenvalue weighted by atomic mass is 10.0. The second kappa shape index (κ2) is 7.83. The van der Waals surface area contributed by atoms with E-state index in [0.717, 1.165) is 11.1 Å². The van der Waals surface area contributed by atoms with Gasteiger partial charge in [0.15, 0.2) is 0 Å². The van der Waals surface area contributed by atoms with Gasteiger partial charge < -0.3 is 15.6 Å². The van der Waals surface area contributed by atoms with Crippen LogP contribution in [0.15, 0.2) is 24.3 Å². The quantitative estimate of drug-likeness (QED) is 0.701. The van der Waals surface area contributed by atoms with Gasteiger partial charge in [-0.3, -0.25) is 5.32 Å². The molecule has 1 atom stereocenters. The average Bonchev–Trinajstić information content (AvgIpc) is 2.39. The van der Waals surface area contributed by atoms with Crippen molar-refractivity contribution in [3.8, 4) is 0 Å². The number of aliphatic hydroxyl groups excluding tert-OH is 1. The molecule has 0 saturated carbocycles. The molecule has 0 aliphatic heterocycles. The van der Waals surface area contributed by atoms with Crippen LogP contribution in [0.1, 0.15) is 18.1 Å². The van der Waals surface area contributed by atoms with E-state index in [9.17, 15) is 4.79 Å². The molecule has 0 aliphatic rings. The second-order valence-electron chi connectivity index (χ2n) is 3.98. The van der Waals surface area contributed by atoms with Gasteiger partial charge in [-0.05, 0) is 18.9 Å². The fourth-order valence-corrected chi connectivity index (χ4v) is 1.88. The van der Waals surface area contributed by atoms with Crippen LogP contribution >= 0.6 is 12.2 Å². The van der Waals surface area contributed by atoms with Crippen LogP contribution in [0.5, 0.6) is 0 Å². The summed E-state index contributed by atoms with van der Waals surface area (Å²) >= 11 is 5.17. The number of carbonyl (C=O) groups excluding carboxylic acids is 1. The number of hydrogen-bond donors (Lipinski definition) is 3. The summed E-state index contributed by atoms with van der Waals surface area (Å²) in [4.78, 5) is 11.6. The number of aliphatic hydroxyl groups is 1. The number of rotatable bonds is 5. The third-order valence-corrected chi connectivity index (χ3v) is 2.79. The van der Waals surface area contributed by atoms with Gasteiger partial charge in [0.25, 0.3) is 0 Å². The fraction of sp³-hybridized carbons (Fsp3) is 0.385. The van der Waals surface area contributed by atoms with Crippen molar-refractivity contribution in [3.63, 3.8) is 0 Å². The summed E-state index contributed by atoms with van der Waals surface area (Å²) < 4.78 is 4.77. The molecule has 0 bridgehead atoms. The molecule has 1 amide bonds. The Morgan fingerprint density at radius 3 is 2.84 bits per heavy atom. The minimum atomic E-state index is -0.575. The van der Waals surface area contributed by atoms with Crippen LogP contribution < -0.4 is 11.1 Å². The second-order valence-corrected chi connectivity index (χ2v) is 4.39. The molecule has 5 nitrogen and oxygen atoms in total. The summed E-state index contributed by atoms with van der Waals surface area (Å²) in [6.07, 6.45) is -0.0918. The highest BCUT2D eigenvalue weighted by molar-refractivity contribution is 7.80. The number of nitrogens with two attached hydrogens (primary N) is 1. The average molecular weight is 282 g/mol. The van der Waals surface area contributed by atoms with Gasteiger partial charge in [-0.25, -0.2) is 4.79 Å². The smallest absolute Gasteiger partial charge is 0.412 e. The number of thiocarbonyl (C=S) groups is 1. The van der Waals surface area contributed by atoms with Crippen LogP contribution in [0.25, 0.3) is 0 Å². The van der Waals surface area contributed by atoms with E-state index in [2.05, 4.69) is 5.32 Å². The van der Waals surface area contributed by atoms with E-state index in [4.69, 9.17) is 27.8 Å². The minimum absolute atomic E-state index is 0.105. The molecule has 0 fully saturated rings.